The minimum atomic E-state index is -3.48. The number of nitrogens with one attached hydrogen (secondary N) is 1. The number of benzene rings is 2. The number of anilines is 1. The van der Waals surface area contributed by atoms with E-state index >= 15 is 0 Å². The molecule has 0 aliphatic heterocycles. The Kier molecular flexibility index (Phi) is 6.51. The monoisotopic (exact) mass is 394 g/mol. The van der Waals surface area contributed by atoms with E-state index in [-0.39, 0.29) is 17.8 Å². The number of nitrogens with zero attached hydrogens (tertiary/aromatic N) is 1. The van der Waals surface area contributed by atoms with Gasteiger partial charge in [0, 0.05) is 19.3 Å². The number of ether oxygens (including phenoxy) is 1. The van der Waals surface area contributed by atoms with Crippen LogP contribution in [-0.4, -0.2) is 45.1 Å². The average Bonchev–Trinajstić information content (AvgIpc) is 2.58. The summed E-state index contributed by atoms with van der Waals surface area (Å²) in [6, 6.07) is 11.6. The second-order valence-electron chi connectivity index (χ2n) is 5.91. The third kappa shape index (κ3) is 6.70. The van der Waals surface area contributed by atoms with Crippen LogP contribution in [0.15, 0.2) is 48.5 Å². The van der Waals surface area contributed by atoms with Gasteiger partial charge in [-0.3, -0.25) is 9.52 Å². The molecule has 0 heterocycles. The van der Waals surface area contributed by atoms with E-state index in [4.69, 9.17) is 4.74 Å². The van der Waals surface area contributed by atoms with Crippen LogP contribution in [0.5, 0.6) is 0 Å². The van der Waals surface area contributed by atoms with E-state index in [0.717, 1.165) is 6.26 Å². The number of esters is 1. The standard InChI is InChI=1S/C18H19FN2O5S/c1-21(11-13-5-3-7-15(19)9-13)17(22)12-26-18(23)14-6-4-8-16(10-14)20-27(2,24)25/h3-10,20H,11-12H2,1-2H3. The van der Waals surface area contributed by atoms with Crippen LogP contribution in [0.3, 0.4) is 0 Å². The Labute approximate surface area is 156 Å². The number of carbonyl (C=O) groups excluding carboxylic acids is 2. The van der Waals surface area contributed by atoms with Gasteiger partial charge in [-0.15, -0.1) is 0 Å². The molecule has 0 fully saturated rings. The number of hydrogen-bond acceptors (Lipinski definition) is 5. The van der Waals surface area contributed by atoms with Crippen LogP contribution < -0.4 is 4.72 Å². The first-order chi connectivity index (χ1) is 12.6. The Morgan fingerprint density at radius 2 is 1.85 bits per heavy atom. The van der Waals surface area contributed by atoms with Crippen molar-refractivity contribution in [3.63, 3.8) is 0 Å². The quantitative estimate of drug-likeness (QED) is 0.725. The molecule has 0 radical (unpaired) electrons. The van der Waals surface area contributed by atoms with Crippen molar-refractivity contribution in [3.05, 3.63) is 65.5 Å². The van der Waals surface area contributed by atoms with E-state index in [1.165, 1.54) is 48.3 Å². The summed E-state index contributed by atoms with van der Waals surface area (Å²) in [7, 11) is -1.97. The number of sulfonamides is 1. The predicted octanol–water partition coefficient (Wildman–Crippen LogP) is 2.01. The van der Waals surface area contributed by atoms with Crippen molar-refractivity contribution in [1.82, 2.24) is 4.90 Å². The molecule has 1 N–H and O–H groups in total. The van der Waals surface area contributed by atoms with Crippen molar-refractivity contribution in [2.45, 2.75) is 6.54 Å². The summed E-state index contributed by atoms with van der Waals surface area (Å²) in [5.74, 6) is -1.62. The Morgan fingerprint density at radius 1 is 1.15 bits per heavy atom. The molecule has 7 nitrogen and oxygen atoms in total. The lowest BCUT2D eigenvalue weighted by atomic mass is 10.2. The van der Waals surface area contributed by atoms with Gasteiger partial charge in [-0.2, -0.15) is 0 Å². The summed E-state index contributed by atoms with van der Waals surface area (Å²) >= 11 is 0. The summed E-state index contributed by atoms with van der Waals surface area (Å²) in [6.07, 6.45) is 0.991. The first-order valence-corrected chi connectivity index (χ1v) is 9.76. The topological polar surface area (TPSA) is 92.8 Å². The Hall–Kier alpha value is -2.94. The van der Waals surface area contributed by atoms with E-state index in [9.17, 15) is 22.4 Å². The fourth-order valence-corrected chi connectivity index (χ4v) is 2.80. The second kappa shape index (κ2) is 8.63. The van der Waals surface area contributed by atoms with Crippen LogP contribution in [0.4, 0.5) is 10.1 Å². The first-order valence-electron chi connectivity index (χ1n) is 7.87. The highest BCUT2D eigenvalue weighted by molar-refractivity contribution is 7.92. The molecule has 144 valence electrons. The van der Waals surface area contributed by atoms with E-state index in [1.54, 1.807) is 12.1 Å². The molecule has 1 amide bonds. The molecule has 0 saturated carbocycles. The van der Waals surface area contributed by atoms with Crippen LogP contribution in [0.1, 0.15) is 15.9 Å². The normalized spacial score (nSPS) is 10.9. The molecule has 0 aromatic heterocycles. The van der Waals surface area contributed by atoms with Crippen LogP contribution in [0, 0.1) is 5.82 Å². The Balaban J connectivity index is 1.92. The van der Waals surface area contributed by atoms with E-state index in [0.29, 0.717) is 5.56 Å². The maximum atomic E-state index is 13.2. The van der Waals surface area contributed by atoms with Gasteiger partial charge in [0.05, 0.1) is 11.8 Å². The molecule has 0 spiro atoms. The maximum Gasteiger partial charge on any atom is 0.338 e. The highest BCUT2D eigenvalue weighted by atomic mass is 32.2. The SMILES string of the molecule is CN(Cc1cccc(F)c1)C(=O)COC(=O)c1cccc(NS(C)(=O)=O)c1. The molecule has 0 aliphatic rings. The molecule has 2 aromatic carbocycles. The van der Waals surface area contributed by atoms with Gasteiger partial charge < -0.3 is 9.64 Å². The summed E-state index contributed by atoms with van der Waals surface area (Å²) in [5, 5.41) is 0. The number of carbonyl (C=O) groups is 2. The molecule has 2 aromatic rings. The van der Waals surface area contributed by atoms with Crippen LogP contribution in [-0.2, 0) is 26.1 Å². The second-order valence-corrected chi connectivity index (χ2v) is 7.66. The molecule has 0 aliphatic carbocycles. The van der Waals surface area contributed by atoms with Crippen molar-refractivity contribution in [1.29, 1.82) is 0 Å². The molecular formula is C18H19FN2O5S. The zero-order valence-electron chi connectivity index (χ0n) is 14.8. The largest absolute Gasteiger partial charge is 0.452 e. The maximum absolute atomic E-state index is 13.2. The third-order valence-electron chi connectivity index (χ3n) is 3.46. The minimum Gasteiger partial charge on any atom is -0.452 e. The number of rotatable bonds is 7. The minimum absolute atomic E-state index is 0.101. The molecule has 2 rings (SSSR count). The van der Waals surface area contributed by atoms with Crippen LogP contribution in [0.2, 0.25) is 0 Å². The zero-order chi connectivity index (χ0) is 20.0. The molecule has 0 atom stereocenters. The van der Waals surface area contributed by atoms with Crippen molar-refractivity contribution in [3.8, 4) is 0 Å². The zero-order valence-corrected chi connectivity index (χ0v) is 15.6. The summed E-state index contributed by atoms with van der Waals surface area (Å²) < 4.78 is 42.9. The molecule has 0 unspecified atom stereocenters. The van der Waals surface area contributed by atoms with E-state index in [1.807, 2.05) is 0 Å². The summed E-state index contributed by atoms with van der Waals surface area (Å²) in [6.45, 7) is -0.323. The lowest BCUT2D eigenvalue weighted by Crippen LogP contribution is -2.30. The van der Waals surface area contributed by atoms with Crippen LogP contribution >= 0.6 is 0 Å². The average molecular weight is 394 g/mol. The van der Waals surface area contributed by atoms with Gasteiger partial charge in [-0.05, 0) is 35.9 Å². The molecule has 0 bridgehead atoms. The smallest absolute Gasteiger partial charge is 0.338 e. The Morgan fingerprint density at radius 3 is 2.52 bits per heavy atom. The van der Waals surface area contributed by atoms with Gasteiger partial charge in [0.1, 0.15) is 5.82 Å². The fourth-order valence-electron chi connectivity index (χ4n) is 2.24. The lowest BCUT2D eigenvalue weighted by Gasteiger charge is -2.17. The molecule has 9 heteroatoms. The van der Waals surface area contributed by atoms with Crippen molar-refractivity contribution in [2.75, 3.05) is 24.6 Å². The number of hydrogen-bond donors (Lipinski definition) is 1. The van der Waals surface area contributed by atoms with Crippen LogP contribution in [0.25, 0.3) is 0 Å². The fraction of sp³-hybridized carbons (Fsp3) is 0.222. The summed E-state index contributed by atoms with van der Waals surface area (Å²) in [4.78, 5) is 25.5. The van der Waals surface area contributed by atoms with Crippen molar-refractivity contribution >= 4 is 27.6 Å². The molecule has 0 saturated heterocycles. The third-order valence-corrected chi connectivity index (χ3v) is 4.07. The number of halogens is 1. The van der Waals surface area contributed by atoms with Gasteiger partial charge in [0.15, 0.2) is 6.61 Å². The van der Waals surface area contributed by atoms with Gasteiger partial charge in [-0.25, -0.2) is 17.6 Å². The van der Waals surface area contributed by atoms with Gasteiger partial charge in [0.2, 0.25) is 10.0 Å². The van der Waals surface area contributed by atoms with Gasteiger partial charge >= 0.3 is 5.97 Å². The van der Waals surface area contributed by atoms with Crippen molar-refractivity contribution < 1.29 is 27.1 Å². The van der Waals surface area contributed by atoms with Gasteiger partial charge in [-0.1, -0.05) is 18.2 Å². The molecular weight excluding hydrogens is 375 g/mol. The predicted molar refractivity (Wildman–Crippen MR) is 98.1 cm³/mol. The summed E-state index contributed by atoms with van der Waals surface area (Å²) in [5.41, 5.74) is 0.919. The number of likely N-dealkylation sites (N-methyl/N-ethyl adjacent to an activating group) is 1. The first kappa shape index (κ1) is 20.4. The highest BCUT2D eigenvalue weighted by Gasteiger charge is 2.15. The Bertz CT molecular complexity index is 946. The molecule has 27 heavy (non-hydrogen) atoms. The lowest BCUT2D eigenvalue weighted by molar-refractivity contribution is -0.133. The van der Waals surface area contributed by atoms with Crippen molar-refractivity contribution in [2.24, 2.45) is 0 Å². The van der Waals surface area contributed by atoms with E-state index < -0.39 is 34.3 Å². The highest BCUT2D eigenvalue weighted by Crippen LogP contribution is 2.13. The van der Waals surface area contributed by atoms with Gasteiger partial charge in [0.25, 0.3) is 5.91 Å². The number of amides is 1. The van der Waals surface area contributed by atoms with E-state index in [2.05, 4.69) is 4.72 Å².